The van der Waals surface area contributed by atoms with E-state index in [9.17, 15) is 5.11 Å². The highest BCUT2D eigenvalue weighted by atomic mass is 16.3. The summed E-state index contributed by atoms with van der Waals surface area (Å²) in [6.07, 6.45) is 4.72. The maximum Gasteiger partial charge on any atom is 0.0605 e. The molecule has 2 nitrogen and oxygen atoms in total. The Balaban J connectivity index is 2.16. The molecule has 2 bridgehead atoms. The fourth-order valence-electron chi connectivity index (χ4n) is 4.06. The molecule has 2 aliphatic rings. The van der Waals surface area contributed by atoms with E-state index in [0.717, 1.165) is 25.3 Å². The lowest BCUT2D eigenvalue weighted by atomic mass is 9.66. The third kappa shape index (κ3) is 1.45. The molecule has 2 fully saturated rings. The van der Waals surface area contributed by atoms with E-state index in [4.69, 9.17) is 0 Å². The van der Waals surface area contributed by atoms with E-state index in [0.29, 0.717) is 5.41 Å². The Kier molecular flexibility index (Phi) is 2.63. The summed E-state index contributed by atoms with van der Waals surface area (Å²) in [5, 5.41) is 10.3. The number of aliphatic hydroxyl groups excluding tert-OH is 1. The van der Waals surface area contributed by atoms with Gasteiger partial charge >= 0.3 is 0 Å². The van der Waals surface area contributed by atoms with Gasteiger partial charge in [0.1, 0.15) is 0 Å². The van der Waals surface area contributed by atoms with Gasteiger partial charge in [-0.15, -0.1) is 0 Å². The minimum absolute atomic E-state index is 0.0498. The van der Waals surface area contributed by atoms with E-state index in [1.807, 2.05) is 0 Å². The van der Waals surface area contributed by atoms with Crippen molar-refractivity contribution in [3.8, 4) is 0 Å². The molecular formula is C13H25NO. The van der Waals surface area contributed by atoms with Crippen LogP contribution in [0.3, 0.4) is 0 Å². The predicted molar refractivity (Wildman–Crippen MR) is 62.7 cm³/mol. The molecule has 0 unspecified atom stereocenters. The lowest BCUT2D eigenvalue weighted by Crippen LogP contribution is -2.40. The van der Waals surface area contributed by atoms with Crippen LogP contribution in [0.2, 0.25) is 0 Å². The zero-order valence-electron chi connectivity index (χ0n) is 10.6. The Morgan fingerprint density at radius 2 is 2.00 bits per heavy atom. The molecule has 0 heterocycles. The van der Waals surface area contributed by atoms with Crippen LogP contribution in [-0.2, 0) is 0 Å². The first-order chi connectivity index (χ1) is 6.90. The molecule has 0 saturated heterocycles. The number of fused-ring (bicyclic) bond motifs is 2. The summed E-state index contributed by atoms with van der Waals surface area (Å²) in [7, 11) is 4.24. The highest BCUT2D eigenvalue weighted by Gasteiger charge is 2.63. The lowest BCUT2D eigenvalue weighted by molar-refractivity contribution is -0.0144. The molecule has 2 heteroatoms. The maximum atomic E-state index is 10.3. The molecule has 3 atom stereocenters. The Labute approximate surface area is 93.7 Å². The van der Waals surface area contributed by atoms with Gasteiger partial charge < -0.3 is 10.0 Å². The van der Waals surface area contributed by atoms with Gasteiger partial charge in [-0.05, 0) is 57.7 Å². The van der Waals surface area contributed by atoms with Gasteiger partial charge in [0.15, 0.2) is 0 Å². The first-order valence-electron chi connectivity index (χ1n) is 6.23. The molecule has 88 valence electrons. The van der Waals surface area contributed by atoms with E-state index in [1.165, 1.54) is 12.8 Å². The van der Waals surface area contributed by atoms with Crippen molar-refractivity contribution in [3.05, 3.63) is 0 Å². The molecule has 0 aromatic carbocycles. The summed E-state index contributed by atoms with van der Waals surface area (Å²) in [4.78, 5) is 2.24. The second kappa shape index (κ2) is 3.46. The molecule has 0 radical (unpaired) electrons. The minimum Gasteiger partial charge on any atom is -0.393 e. The quantitative estimate of drug-likeness (QED) is 0.773. The summed E-state index contributed by atoms with van der Waals surface area (Å²) in [6.45, 7) is 5.85. The molecule has 15 heavy (non-hydrogen) atoms. The second-order valence-corrected chi connectivity index (χ2v) is 6.42. The molecule has 0 amide bonds. The number of hydrogen-bond donors (Lipinski definition) is 1. The first kappa shape index (κ1) is 11.4. The third-order valence-electron chi connectivity index (χ3n) is 5.39. The molecule has 1 N–H and O–H groups in total. The average Bonchev–Trinajstić information content (AvgIpc) is 2.47. The summed E-state index contributed by atoms with van der Waals surface area (Å²) in [5.74, 6) is 0.759. The smallest absolute Gasteiger partial charge is 0.0605 e. The van der Waals surface area contributed by atoms with Crippen LogP contribution in [0.5, 0.6) is 0 Å². The second-order valence-electron chi connectivity index (χ2n) is 6.42. The molecular weight excluding hydrogens is 186 g/mol. The molecule has 0 spiro atoms. The van der Waals surface area contributed by atoms with Crippen LogP contribution in [0.25, 0.3) is 0 Å². The lowest BCUT2D eigenvalue weighted by Gasteiger charge is -2.41. The zero-order chi connectivity index (χ0) is 11.3. The number of rotatable bonds is 3. The Morgan fingerprint density at radius 1 is 1.33 bits per heavy atom. The van der Waals surface area contributed by atoms with Crippen LogP contribution in [0.1, 0.15) is 39.5 Å². The van der Waals surface area contributed by atoms with Gasteiger partial charge in [0.05, 0.1) is 6.10 Å². The van der Waals surface area contributed by atoms with Crippen molar-refractivity contribution in [2.75, 3.05) is 20.6 Å². The van der Waals surface area contributed by atoms with Crippen LogP contribution >= 0.6 is 0 Å². The molecule has 2 saturated carbocycles. The van der Waals surface area contributed by atoms with E-state index in [2.05, 4.69) is 32.8 Å². The van der Waals surface area contributed by atoms with Crippen molar-refractivity contribution in [2.24, 2.45) is 16.7 Å². The Bertz CT molecular complexity index is 249. The Morgan fingerprint density at radius 3 is 2.40 bits per heavy atom. The topological polar surface area (TPSA) is 23.5 Å². The first-order valence-corrected chi connectivity index (χ1v) is 6.23. The number of nitrogens with zero attached hydrogens (tertiary/aromatic N) is 1. The molecule has 0 aliphatic heterocycles. The van der Waals surface area contributed by atoms with E-state index in [-0.39, 0.29) is 11.5 Å². The predicted octanol–water partition coefficient (Wildman–Crippen LogP) is 2.13. The summed E-state index contributed by atoms with van der Waals surface area (Å²) < 4.78 is 0. The van der Waals surface area contributed by atoms with E-state index < -0.39 is 0 Å². The van der Waals surface area contributed by atoms with Crippen molar-refractivity contribution in [2.45, 2.75) is 45.6 Å². The molecule has 0 aromatic heterocycles. The van der Waals surface area contributed by atoms with Gasteiger partial charge in [-0.1, -0.05) is 13.8 Å². The minimum atomic E-state index is -0.0498. The monoisotopic (exact) mass is 211 g/mol. The fraction of sp³-hybridized carbons (Fsp3) is 1.00. The van der Waals surface area contributed by atoms with Gasteiger partial charge in [0.2, 0.25) is 0 Å². The largest absolute Gasteiger partial charge is 0.393 e. The summed E-state index contributed by atoms with van der Waals surface area (Å²) >= 11 is 0. The van der Waals surface area contributed by atoms with Crippen LogP contribution in [0.15, 0.2) is 0 Å². The summed E-state index contributed by atoms with van der Waals surface area (Å²) in [6, 6.07) is 0. The van der Waals surface area contributed by atoms with Crippen molar-refractivity contribution < 1.29 is 5.11 Å². The number of hydrogen-bond acceptors (Lipinski definition) is 2. The van der Waals surface area contributed by atoms with Gasteiger partial charge in [-0.25, -0.2) is 0 Å². The molecule has 2 aliphatic carbocycles. The Hall–Kier alpha value is -0.0800. The SMILES string of the molecule is CN(C)CC[C@]12CC[C@H](C[C@H]1O)C2(C)C. The van der Waals surface area contributed by atoms with Crippen molar-refractivity contribution in [1.82, 2.24) is 4.90 Å². The molecule has 2 rings (SSSR count). The summed E-state index contributed by atoms with van der Waals surface area (Å²) in [5.41, 5.74) is 0.560. The zero-order valence-corrected chi connectivity index (χ0v) is 10.6. The highest BCUT2D eigenvalue weighted by molar-refractivity contribution is 5.12. The van der Waals surface area contributed by atoms with E-state index >= 15 is 0 Å². The van der Waals surface area contributed by atoms with Crippen molar-refractivity contribution in [1.29, 1.82) is 0 Å². The van der Waals surface area contributed by atoms with Crippen LogP contribution < -0.4 is 0 Å². The van der Waals surface area contributed by atoms with Crippen LogP contribution in [0.4, 0.5) is 0 Å². The van der Waals surface area contributed by atoms with E-state index in [1.54, 1.807) is 0 Å². The fourth-order valence-corrected chi connectivity index (χ4v) is 4.06. The molecule has 0 aromatic rings. The van der Waals surface area contributed by atoms with Gasteiger partial charge in [0, 0.05) is 5.41 Å². The van der Waals surface area contributed by atoms with Gasteiger partial charge in [0.25, 0.3) is 0 Å². The van der Waals surface area contributed by atoms with Crippen LogP contribution in [-0.4, -0.2) is 36.8 Å². The van der Waals surface area contributed by atoms with Gasteiger partial charge in [-0.3, -0.25) is 0 Å². The average molecular weight is 211 g/mol. The normalized spacial score (nSPS) is 42.8. The maximum absolute atomic E-state index is 10.3. The van der Waals surface area contributed by atoms with Gasteiger partial charge in [-0.2, -0.15) is 0 Å². The van der Waals surface area contributed by atoms with Crippen molar-refractivity contribution >= 4 is 0 Å². The van der Waals surface area contributed by atoms with Crippen LogP contribution in [0, 0.1) is 16.7 Å². The van der Waals surface area contributed by atoms with Crippen molar-refractivity contribution in [3.63, 3.8) is 0 Å². The number of aliphatic hydroxyl groups is 1. The highest BCUT2D eigenvalue weighted by Crippen LogP contribution is 2.67. The third-order valence-corrected chi connectivity index (χ3v) is 5.39. The standard InChI is InChI=1S/C13H25NO/c1-12(2)10-5-6-13(12,11(15)9-10)7-8-14(3)4/h10-11,15H,5-9H2,1-4H3/t10-,11-,13-/m1/s1.